The number of amides is 1. The third-order valence-electron chi connectivity index (χ3n) is 4.88. The molecule has 2 aromatic rings. The van der Waals surface area contributed by atoms with Crippen molar-refractivity contribution in [3.8, 4) is 5.75 Å². The van der Waals surface area contributed by atoms with Crippen molar-refractivity contribution >= 4 is 17.6 Å². The lowest BCUT2D eigenvalue weighted by Crippen LogP contribution is -2.24. The van der Waals surface area contributed by atoms with Gasteiger partial charge in [-0.05, 0) is 17.7 Å². The highest BCUT2D eigenvalue weighted by molar-refractivity contribution is 6.02. The van der Waals surface area contributed by atoms with Crippen LogP contribution in [0.1, 0.15) is 36.0 Å². The SMILES string of the molecule is O=C(CCC(=O)N1CCC(c2ccccc2)=N1)OCc1cc(F)cc2c1OCOC2. The van der Waals surface area contributed by atoms with Crippen LogP contribution in [0.5, 0.6) is 5.75 Å². The van der Waals surface area contributed by atoms with Crippen molar-refractivity contribution in [2.45, 2.75) is 32.5 Å². The minimum Gasteiger partial charge on any atom is -0.467 e. The lowest BCUT2D eigenvalue weighted by Gasteiger charge is -2.20. The number of halogens is 1. The highest BCUT2D eigenvalue weighted by atomic mass is 19.1. The Hall–Kier alpha value is -3.26. The second-order valence-corrected chi connectivity index (χ2v) is 7.00. The van der Waals surface area contributed by atoms with Gasteiger partial charge in [0.2, 0.25) is 5.91 Å². The molecular formula is C22H21FN2O5. The Balaban J connectivity index is 1.28. The van der Waals surface area contributed by atoms with E-state index in [4.69, 9.17) is 14.2 Å². The van der Waals surface area contributed by atoms with Gasteiger partial charge in [-0.15, -0.1) is 0 Å². The van der Waals surface area contributed by atoms with Crippen LogP contribution < -0.4 is 4.74 Å². The topological polar surface area (TPSA) is 77.4 Å². The zero-order chi connectivity index (χ0) is 20.9. The van der Waals surface area contributed by atoms with E-state index in [-0.39, 0.29) is 38.8 Å². The molecule has 0 aromatic heterocycles. The van der Waals surface area contributed by atoms with Crippen molar-refractivity contribution in [3.05, 3.63) is 65.0 Å². The van der Waals surface area contributed by atoms with Crippen LogP contribution >= 0.6 is 0 Å². The summed E-state index contributed by atoms with van der Waals surface area (Å²) >= 11 is 0. The van der Waals surface area contributed by atoms with Crippen LogP contribution in [0.3, 0.4) is 0 Å². The number of carbonyl (C=O) groups excluding carboxylic acids is 2. The fourth-order valence-electron chi connectivity index (χ4n) is 3.40. The molecule has 0 atom stereocenters. The van der Waals surface area contributed by atoms with Crippen molar-refractivity contribution in [2.24, 2.45) is 5.10 Å². The fourth-order valence-corrected chi connectivity index (χ4v) is 3.40. The molecule has 0 N–H and O–H groups in total. The van der Waals surface area contributed by atoms with Crippen LogP contribution in [0, 0.1) is 5.82 Å². The van der Waals surface area contributed by atoms with Gasteiger partial charge in [0.25, 0.3) is 0 Å². The number of hydrazone groups is 1. The Morgan fingerprint density at radius 3 is 2.83 bits per heavy atom. The Morgan fingerprint density at radius 2 is 2.00 bits per heavy atom. The first-order valence-corrected chi connectivity index (χ1v) is 9.71. The van der Waals surface area contributed by atoms with Gasteiger partial charge in [0.1, 0.15) is 18.2 Å². The molecule has 0 unspecified atom stereocenters. The van der Waals surface area contributed by atoms with E-state index in [0.717, 1.165) is 11.3 Å². The van der Waals surface area contributed by atoms with E-state index in [1.807, 2.05) is 30.3 Å². The third kappa shape index (κ3) is 4.65. The largest absolute Gasteiger partial charge is 0.467 e. The summed E-state index contributed by atoms with van der Waals surface area (Å²) in [5.74, 6) is -0.752. The van der Waals surface area contributed by atoms with Crippen LogP contribution in [0.2, 0.25) is 0 Å². The van der Waals surface area contributed by atoms with Crippen LogP contribution in [0.4, 0.5) is 4.39 Å². The molecule has 2 aromatic carbocycles. The summed E-state index contributed by atoms with van der Waals surface area (Å²) < 4.78 is 29.5. The van der Waals surface area contributed by atoms with Gasteiger partial charge in [-0.3, -0.25) is 9.59 Å². The predicted octanol–water partition coefficient (Wildman–Crippen LogP) is 3.15. The molecule has 1 amide bonds. The van der Waals surface area contributed by atoms with Crippen molar-refractivity contribution in [2.75, 3.05) is 13.3 Å². The van der Waals surface area contributed by atoms with Crippen molar-refractivity contribution in [1.29, 1.82) is 0 Å². The number of benzene rings is 2. The first kappa shape index (κ1) is 20.0. The molecule has 0 spiro atoms. The molecule has 0 fully saturated rings. The summed E-state index contributed by atoms with van der Waals surface area (Å²) in [5, 5.41) is 5.76. The Kier molecular flexibility index (Phi) is 6.04. The summed E-state index contributed by atoms with van der Waals surface area (Å²) in [6.07, 6.45) is 0.595. The number of fused-ring (bicyclic) bond motifs is 1. The van der Waals surface area contributed by atoms with Crippen molar-refractivity contribution in [3.63, 3.8) is 0 Å². The van der Waals surface area contributed by atoms with Gasteiger partial charge in [-0.25, -0.2) is 9.40 Å². The van der Waals surface area contributed by atoms with Gasteiger partial charge in [0, 0.05) is 24.0 Å². The molecule has 0 saturated heterocycles. The van der Waals surface area contributed by atoms with Gasteiger partial charge in [0.15, 0.2) is 6.79 Å². The number of rotatable bonds is 6. The smallest absolute Gasteiger partial charge is 0.306 e. The van der Waals surface area contributed by atoms with E-state index < -0.39 is 11.8 Å². The number of nitrogens with zero attached hydrogens (tertiary/aromatic N) is 2. The van der Waals surface area contributed by atoms with Gasteiger partial charge in [-0.1, -0.05) is 30.3 Å². The maximum atomic E-state index is 13.7. The highest BCUT2D eigenvalue weighted by Gasteiger charge is 2.23. The van der Waals surface area contributed by atoms with Crippen LogP contribution in [0.25, 0.3) is 0 Å². The third-order valence-corrected chi connectivity index (χ3v) is 4.88. The number of carbonyl (C=O) groups is 2. The van der Waals surface area contributed by atoms with Crippen LogP contribution in [-0.2, 0) is 32.3 Å². The number of esters is 1. The number of hydrogen-bond acceptors (Lipinski definition) is 6. The summed E-state index contributed by atoms with van der Waals surface area (Å²) in [5.41, 5.74) is 2.85. The summed E-state index contributed by atoms with van der Waals surface area (Å²) in [4.78, 5) is 24.5. The Bertz CT molecular complexity index is 977. The zero-order valence-electron chi connectivity index (χ0n) is 16.3. The average Bonchev–Trinajstić information content (AvgIpc) is 3.27. The summed E-state index contributed by atoms with van der Waals surface area (Å²) in [6.45, 7) is 0.666. The maximum absolute atomic E-state index is 13.7. The summed E-state index contributed by atoms with van der Waals surface area (Å²) in [7, 11) is 0. The van der Waals surface area contributed by atoms with Gasteiger partial charge in [0.05, 0.1) is 25.3 Å². The predicted molar refractivity (Wildman–Crippen MR) is 105 cm³/mol. The average molecular weight is 412 g/mol. The first-order chi connectivity index (χ1) is 14.6. The molecule has 30 heavy (non-hydrogen) atoms. The second kappa shape index (κ2) is 9.04. The van der Waals surface area contributed by atoms with E-state index in [0.29, 0.717) is 29.8 Å². The molecule has 2 heterocycles. The molecule has 0 saturated carbocycles. The Morgan fingerprint density at radius 1 is 1.17 bits per heavy atom. The normalized spacial score (nSPS) is 15.2. The maximum Gasteiger partial charge on any atom is 0.306 e. The quantitative estimate of drug-likeness (QED) is 0.682. The van der Waals surface area contributed by atoms with Gasteiger partial charge >= 0.3 is 5.97 Å². The van der Waals surface area contributed by atoms with Crippen molar-refractivity contribution < 1.29 is 28.2 Å². The molecular weight excluding hydrogens is 391 g/mol. The monoisotopic (exact) mass is 412 g/mol. The van der Waals surface area contributed by atoms with E-state index in [1.54, 1.807) is 0 Å². The van der Waals surface area contributed by atoms with E-state index in [1.165, 1.54) is 17.1 Å². The molecule has 156 valence electrons. The van der Waals surface area contributed by atoms with Crippen LogP contribution in [0.15, 0.2) is 47.6 Å². The fraction of sp³-hybridized carbons (Fsp3) is 0.318. The molecule has 0 radical (unpaired) electrons. The molecule has 2 aliphatic heterocycles. The number of ether oxygens (including phenoxy) is 3. The Labute approximate surface area is 173 Å². The van der Waals surface area contributed by atoms with E-state index in [9.17, 15) is 14.0 Å². The molecule has 2 aliphatic rings. The van der Waals surface area contributed by atoms with Crippen LogP contribution in [-0.4, -0.2) is 35.9 Å². The standard InChI is InChI=1S/C22H21FN2O5/c23-18-10-16-12-28-14-30-22(16)17(11-18)13-29-21(27)7-6-20(26)25-9-8-19(24-25)15-4-2-1-3-5-15/h1-5,10-11H,6-9,12-14H2. The molecule has 7 nitrogen and oxygen atoms in total. The zero-order valence-corrected chi connectivity index (χ0v) is 16.3. The van der Waals surface area contributed by atoms with Gasteiger partial charge in [-0.2, -0.15) is 5.10 Å². The molecule has 0 bridgehead atoms. The highest BCUT2D eigenvalue weighted by Crippen LogP contribution is 2.30. The lowest BCUT2D eigenvalue weighted by molar-refractivity contribution is -0.147. The second-order valence-electron chi connectivity index (χ2n) is 7.00. The van der Waals surface area contributed by atoms with Crippen molar-refractivity contribution in [1.82, 2.24) is 5.01 Å². The molecule has 0 aliphatic carbocycles. The molecule has 4 rings (SSSR count). The van der Waals surface area contributed by atoms with E-state index in [2.05, 4.69) is 5.10 Å². The lowest BCUT2D eigenvalue weighted by atomic mass is 10.1. The van der Waals surface area contributed by atoms with Gasteiger partial charge < -0.3 is 14.2 Å². The number of hydrogen-bond donors (Lipinski definition) is 0. The first-order valence-electron chi connectivity index (χ1n) is 9.71. The van der Waals surface area contributed by atoms with E-state index >= 15 is 0 Å². The minimum atomic E-state index is -0.542. The summed E-state index contributed by atoms with van der Waals surface area (Å²) in [6, 6.07) is 12.3. The minimum absolute atomic E-state index is 0.00397. The molecule has 8 heteroatoms.